The summed E-state index contributed by atoms with van der Waals surface area (Å²) in [5, 5.41) is 5.36. The SMILES string of the molecule is Cc1ccc(NC(=O)c2ccc3c(c2)OCC(=O)N3)cc1NS(C)(=O)=O. The van der Waals surface area contributed by atoms with Crippen molar-refractivity contribution < 1.29 is 22.7 Å². The van der Waals surface area contributed by atoms with E-state index in [1.165, 1.54) is 6.07 Å². The molecule has 0 atom stereocenters. The van der Waals surface area contributed by atoms with Gasteiger partial charge in [-0.2, -0.15) is 0 Å². The molecule has 2 aromatic rings. The maximum atomic E-state index is 12.5. The Morgan fingerprint density at radius 1 is 1.19 bits per heavy atom. The standard InChI is InChI=1S/C17H17N3O5S/c1-10-3-5-12(8-14(10)20-26(2,23)24)18-17(22)11-4-6-13-15(7-11)25-9-16(21)19-13/h3-8,20H,9H2,1-2H3,(H,18,22)(H,19,21). The van der Waals surface area contributed by atoms with Gasteiger partial charge < -0.3 is 15.4 Å². The van der Waals surface area contributed by atoms with Crippen molar-refractivity contribution in [2.45, 2.75) is 6.92 Å². The second-order valence-corrected chi connectivity index (χ2v) is 7.65. The van der Waals surface area contributed by atoms with Crippen LogP contribution in [0.1, 0.15) is 15.9 Å². The fourth-order valence-electron chi connectivity index (χ4n) is 2.43. The largest absolute Gasteiger partial charge is 0.482 e. The summed E-state index contributed by atoms with van der Waals surface area (Å²) in [6.45, 7) is 1.66. The van der Waals surface area contributed by atoms with Gasteiger partial charge in [-0.25, -0.2) is 8.42 Å². The number of carbonyl (C=O) groups is 2. The van der Waals surface area contributed by atoms with E-state index in [1.54, 1.807) is 37.3 Å². The van der Waals surface area contributed by atoms with Gasteiger partial charge in [-0.05, 0) is 42.8 Å². The molecule has 0 aliphatic carbocycles. The van der Waals surface area contributed by atoms with Crippen molar-refractivity contribution in [3.63, 3.8) is 0 Å². The molecule has 1 heterocycles. The maximum Gasteiger partial charge on any atom is 0.262 e. The van der Waals surface area contributed by atoms with E-state index >= 15 is 0 Å². The van der Waals surface area contributed by atoms with Crippen LogP contribution in [0, 0.1) is 6.92 Å². The first-order valence-electron chi connectivity index (χ1n) is 7.68. The number of amides is 2. The topological polar surface area (TPSA) is 114 Å². The number of nitrogens with one attached hydrogen (secondary N) is 3. The average molecular weight is 375 g/mol. The molecule has 2 amide bonds. The Balaban J connectivity index is 1.80. The molecule has 1 aliphatic heterocycles. The lowest BCUT2D eigenvalue weighted by Gasteiger charge is -2.18. The van der Waals surface area contributed by atoms with E-state index < -0.39 is 10.0 Å². The molecule has 0 radical (unpaired) electrons. The minimum atomic E-state index is -3.43. The molecule has 0 saturated heterocycles. The molecule has 1 aliphatic rings. The van der Waals surface area contributed by atoms with Gasteiger partial charge in [0.25, 0.3) is 11.8 Å². The summed E-state index contributed by atoms with van der Waals surface area (Å²) in [6, 6.07) is 9.61. The highest BCUT2D eigenvalue weighted by Crippen LogP contribution is 2.29. The van der Waals surface area contributed by atoms with Crippen LogP contribution >= 0.6 is 0 Å². The van der Waals surface area contributed by atoms with Crippen LogP contribution in [0.25, 0.3) is 0 Å². The van der Waals surface area contributed by atoms with Crippen LogP contribution in [0.3, 0.4) is 0 Å². The van der Waals surface area contributed by atoms with E-state index in [4.69, 9.17) is 4.74 Å². The number of sulfonamides is 1. The van der Waals surface area contributed by atoms with E-state index in [0.29, 0.717) is 28.4 Å². The molecule has 2 aromatic carbocycles. The first-order valence-corrected chi connectivity index (χ1v) is 9.57. The van der Waals surface area contributed by atoms with Crippen LogP contribution in [-0.4, -0.2) is 33.1 Å². The van der Waals surface area contributed by atoms with Crippen molar-refractivity contribution in [1.82, 2.24) is 0 Å². The van der Waals surface area contributed by atoms with Crippen LogP contribution in [0.15, 0.2) is 36.4 Å². The van der Waals surface area contributed by atoms with Gasteiger partial charge in [0, 0.05) is 11.3 Å². The monoisotopic (exact) mass is 375 g/mol. The van der Waals surface area contributed by atoms with Gasteiger partial charge >= 0.3 is 0 Å². The third-order valence-electron chi connectivity index (χ3n) is 3.67. The fourth-order valence-corrected chi connectivity index (χ4v) is 3.05. The fraction of sp³-hybridized carbons (Fsp3) is 0.176. The highest BCUT2D eigenvalue weighted by Gasteiger charge is 2.18. The molecule has 0 aromatic heterocycles. The Labute approximate surface area is 150 Å². The van der Waals surface area contributed by atoms with Gasteiger partial charge in [-0.1, -0.05) is 6.07 Å². The smallest absolute Gasteiger partial charge is 0.262 e. The summed E-state index contributed by atoms with van der Waals surface area (Å²) in [5.74, 6) is -0.219. The van der Waals surface area contributed by atoms with Crippen LogP contribution in [0.2, 0.25) is 0 Å². The summed E-state index contributed by atoms with van der Waals surface area (Å²) >= 11 is 0. The maximum absolute atomic E-state index is 12.5. The number of hydrogen-bond acceptors (Lipinski definition) is 5. The van der Waals surface area contributed by atoms with Crippen LogP contribution < -0.4 is 20.1 Å². The summed E-state index contributed by atoms with van der Waals surface area (Å²) in [7, 11) is -3.43. The lowest BCUT2D eigenvalue weighted by Crippen LogP contribution is -2.25. The van der Waals surface area contributed by atoms with Gasteiger partial charge in [0.1, 0.15) is 5.75 Å². The van der Waals surface area contributed by atoms with Crippen molar-refractivity contribution in [3.8, 4) is 5.75 Å². The summed E-state index contributed by atoms with van der Waals surface area (Å²) in [5.41, 5.74) is 2.41. The lowest BCUT2D eigenvalue weighted by molar-refractivity contribution is -0.118. The summed E-state index contributed by atoms with van der Waals surface area (Å²) in [6.07, 6.45) is 1.06. The molecular formula is C17H17N3O5S. The molecule has 0 saturated carbocycles. The first-order chi connectivity index (χ1) is 12.2. The Kier molecular flexibility index (Phi) is 4.56. The number of anilines is 3. The molecule has 3 N–H and O–H groups in total. The molecule has 0 fully saturated rings. The average Bonchev–Trinajstić information content (AvgIpc) is 2.56. The van der Waals surface area contributed by atoms with E-state index in [2.05, 4.69) is 15.4 Å². The van der Waals surface area contributed by atoms with Crippen LogP contribution in [-0.2, 0) is 14.8 Å². The van der Waals surface area contributed by atoms with Gasteiger partial charge in [0.15, 0.2) is 6.61 Å². The Morgan fingerprint density at radius 2 is 1.96 bits per heavy atom. The van der Waals surface area contributed by atoms with Gasteiger partial charge in [0.2, 0.25) is 10.0 Å². The molecule has 9 heteroatoms. The first kappa shape index (κ1) is 17.7. The van der Waals surface area contributed by atoms with Crippen molar-refractivity contribution in [2.75, 3.05) is 28.2 Å². The zero-order chi connectivity index (χ0) is 18.9. The highest BCUT2D eigenvalue weighted by molar-refractivity contribution is 7.92. The van der Waals surface area contributed by atoms with E-state index in [1.807, 2.05) is 0 Å². The van der Waals surface area contributed by atoms with Gasteiger partial charge in [-0.3, -0.25) is 14.3 Å². The van der Waals surface area contributed by atoms with Gasteiger partial charge in [0.05, 0.1) is 17.6 Å². The summed E-state index contributed by atoms with van der Waals surface area (Å²) < 4.78 is 30.6. The number of hydrogen-bond donors (Lipinski definition) is 3. The molecule has 3 rings (SSSR count). The predicted octanol–water partition coefficient (Wildman–Crippen LogP) is 1.95. The minimum Gasteiger partial charge on any atom is -0.482 e. The van der Waals surface area contributed by atoms with Crippen LogP contribution in [0.5, 0.6) is 5.75 Å². The minimum absolute atomic E-state index is 0.101. The quantitative estimate of drug-likeness (QED) is 0.756. The predicted molar refractivity (Wildman–Crippen MR) is 98.2 cm³/mol. The molecule has 0 unspecified atom stereocenters. The van der Waals surface area contributed by atoms with Crippen molar-refractivity contribution in [3.05, 3.63) is 47.5 Å². The zero-order valence-corrected chi connectivity index (χ0v) is 14.9. The second-order valence-electron chi connectivity index (χ2n) is 5.91. The Morgan fingerprint density at radius 3 is 2.69 bits per heavy atom. The van der Waals surface area contributed by atoms with Crippen molar-refractivity contribution in [2.24, 2.45) is 0 Å². The second kappa shape index (κ2) is 6.68. The lowest BCUT2D eigenvalue weighted by atomic mass is 10.1. The normalized spacial score (nSPS) is 13.2. The van der Waals surface area contributed by atoms with Crippen LogP contribution in [0.4, 0.5) is 17.1 Å². The number of aryl methyl sites for hydroxylation is 1. The number of carbonyl (C=O) groups excluding carboxylic acids is 2. The molecule has 136 valence electrons. The molecule has 0 spiro atoms. The van der Waals surface area contributed by atoms with Crippen molar-refractivity contribution >= 4 is 38.9 Å². The van der Waals surface area contributed by atoms with E-state index in [-0.39, 0.29) is 18.4 Å². The zero-order valence-electron chi connectivity index (χ0n) is 14.1. The molecule has 0 bridgehead atoms. The molecular weight excluding hydrogens is 358 g/mol. The number of rotatable bonds is 4. The van der Waals surface area contributed by atoms with Gasteiger partial charge in [-0.15, -0.1) is 0 Å². The number of benzene rings is 2. The number of fused-ring (bicyclic) bond motifs is 1. The van der Waals surface area contributed by atoms with E-state index in [0.717, 1.165) is 11.8 Å². The van der Waals surface area contributed by atoms with E-state index in [9.17, 15) is 18.0 Å². The molecule has 26 heavy (non-hydrogen) atoms. The third kappa shape index (κ3) is 4.12. The third-order valence-corrected chi connectivity index (χ3v) is 4.26. The highest BCUT2D eigenvalue weighted by atomic mass is 32.2. The Hall–Kier alpha value is -3.07. The number of ether oxygens (including phenoxy) is 1. The van der Waals surface area contributed by atoms with Crippen molar-refractivity contribution in [1.29, 1.82) is 0 Å². The summed E-state index contributed by atoms with van der Waals surface area (Å²) in [4.78, 5) is 23.7. The Bertz CT molecular complexity index is 1000. The molecule has 8 nitrogen and oxygen atoms in total.